The van der Waals surface area contributed by atoms with Gasteiger partial charge in [-0.15, -0.1) is 0 Å². The first-order valence-corrected chi connectivity index (χ1v) is 5.33. The van der Waals surface area contributed by atoms with Crippen molar-refractivity contribution in [2.24, 2.45) is 0 Å². The zero-order chi connectivity index (χ0) is 8.91. The van der Waals surface area contributed by atoms with Gasteiger partial charge in [-0.1, -0.05) is 29.4 Å². The predicted octanol–water partition coefficient (Wildman–Crippen LogP) is 0.339. The van der Waals surface area contributed by atoms with Gasteiger partial charge in [0.15, 0.2) is 0 Å². The van der Waals surface area contributed by atoms with Crippen LogP contribution >= 0.6 is 15.9 Å². The summed E-state index contributed by atoms with van der Waals surface area (Å²) in [6.45, 7) is 5.77. The van der Waals surface area contributed by atoms with Gasteiger partial charge in [-0.05, 0) is 0 Å². The summed E-state index contributed by atoms with van der Waals surface area (Å²) in [7, 11) is -3.32. The van der Waals surface area contributed by atoms with Gasteiger partial charge in [0.05, 0.1) is 0 Å². The largest absolute Gasteiger partial charge is 0.277 e. The van der Waals surface area contributed by atoms with Gasteiger partial charge in [-0.25, -0.2) is 4.72 Å². The maximum Gasteiger partial charge on any atom is 0.277 e. The summed E-state index contributed by atoms with van der Waals surface area (Å²) in [5, 5.41) is 0. The van der Waals surface area contributed by atoms with Gasteiger partial charge in [-0.3, -0.25) is 0 Å². The molecule has 0 aromatic heterocycles. The molecular formula is C5H11BrN2O2S. The van der Waals surface area contributed by atoms with Crippen LogP contribution in [-0.2, 0) is 10.2 Å². The van der Waals surface area contributed by atoms with Gasteiger partial charge in [0, 0.05) is 17.6 Å². The molecule has 2 N–H and O–H groups in total. The van der Waals surface area contributed by atoms with Crippen LogP contribution in [-0.4, -0.2) is 21.5 Å². The lowest BCUT2D eigenvalue weighted by Crippen LogP contribution is -2.36. The molecule has 0 radical (unpaired) electrons. The summed E-state index contributed by atoms with van der Waals surface area (Å²) >= 11 is 3.03. The Bertz CT molecular complexity index is 225. The highest BCUT2D eigenvalue weighted by molar-refractivity contribution is 9.11. The Balaban J connectivity index is 3.84. The van der Waals surface area contributed by atoms with E-state index in [9.17, 15) is 8.42 Å². The molecule has 0 bridgehead atoms. The predicted molar refractivity (Wildman–Crippen MR) is 48.7 cm³/mol. The normalized spacial score (nSPS) is 11.5. The minimum atomic E-state index is -3.32. The monoisotopic (exact) mass is 242 g/mol. The van der Waals surface area contributed by atoms with E-state index in [1.54, 1.807) is 6.92 Å². The minimum absolute atomic E-state index is 0.204. The SMILES string of the molecule is C=C(Br)CNS(=O)(=O)NCC. The minimum Gasteiger partial charge on any atom is -0.203 e. The van der Waals surface area contributed by atoms with E-state index in [0.717, 1.165) is 0 Å². The van der Waals surface area contributed by atoms with Crippen LogP contribution in [0.5, 0.6) is 0 Å². The lowest BCUT2D eigenvalue weighted by Gasteiger charge is -2.04. The quantitative estimate of drug-likeness (QED) is 0.731. The fraction of sp³-hybridized carbons (Fsp3) is 0.600. The molecule has 0 fully saturated rings. The van der Waals surface area contributed by atoms with Gasteiger partial charge < -0.3 is 0 Å². The summed E-state index contributed by atoms with van der Waals surface area (Å²) in [5.41, 5.74) is 0. The van der Waals surface area contributed by atoms with Crippen molar-refractivity contribution < 1.29 is 8.42 Å². The molecule has 0 aliphatic rings. The molecule has 0 aliphatic carbocycles. The van der Waals surface area contributed by atoms with E-state index in [0.29, 0.717) is 11.0 Å². The molecule has 6 heteroatoms. The van der Waals surface area contributed by atoms with Crippen molar-refractivity contribution in [2.75, 3.05) is 13.1 Å². The van der Waals surface area contributed by atoms with E-state index in [1.807, 2.05) is 0 Å². The van der Waals surface area contributed by atoms with Crippen molar-refractivity contribution in [2.45, 2.75) is 6.92 Å². The first kappa shape index (κ1) is 11.1. The first-order valence-electron chi connectivity index (χ1n) is 3.05. The fourth-order valence-electron chi connectivity index (χ4n) is 0.414. The van der Waals surface area contributed by atoms with Crippen LogP contribution in [0.25, 0.3) is 0 Å². The Morgan fingerprint density at radius 3 is 2.45 bits per heavy atom. The molecule has 0 aromatic rings. The summed E-state index contributed by atoms with van der Waals surface area (Å²) in [6, 6.07) is 0. The molecular weight excluding hydrogens is 232 g/mol. The molecule has 0 aromatic carbocycles. The van der Waals surface area contributed by atoms with Crippen LogP contribution in [0.4, 0.5) is 0 Å². The van der Waals surface area contributed by atoms with Crippen LogP contribution in [0.2, 0.25) is 0 Å². The molecule has 0 saturated carbocycles. The highest BCUT2D eigenvalue weighted by Crippen LogP contribution is 1.97. The average molecular weight is 243 g/mol. The molecule has 0 spiro atoms. The van der Waals surface area contributed by atoms with Crippen LogP contribution < -0.4 is 9.44 Å². The standard InChI is InChI=1S/C5H11BrN2O2S/c1-3-7-11(9,10)8-4-5(2)6/h7-8H,2-4H2,1H3. The smallest absolute Gasteiger partial charge is 0.203 e. The maximum absolute atomic E-state index is 10.9. The molecule has 0 atom stereocenters. The van der Waals surface area contributed by atoms with Gasteiger partial charge >= 0.3 is 0 Å². The van der Waals surface area contributed by atoms with E-state index >= 15 is 0 Å². The van der Waals surface area contributed by atoms with Crippen molar-refractivity contribution in [1.29, 1.82) is 0 Å². The Hall–Kier alpha value is 0.0900. The zero-order valence-corrected chi connectivity index (χ0v) is 8.63. The third kappa shape index (κ3) is 6.49. The lowest BCUT2D eigenvalue weighted by atomic mass is 10.7. The third-order valence-corrected chi connectivity index (χ3v) is 2.26. The molecule has 11 heavy (non-hydrogen) atoms. The molecule has 0 unspecified atom stereocenters. The van der Waals surface area contributed by atoms with Gasteiger partial charge in [0.1, 0.15) is 0 Å². The van der Waals surface area contributed by atoms with E-state index in [1.165, 1.54) is 0 Å². The van der Waals surface area contributed by atoms with Crippen LogP contribution in [0, 0.1) is 0 Å². The lowest BCUT2D eigenvalue weighted by molar-refractivity contribution is 0.572. The van der Waals surface area contributed by atoms with Crippen LogP contribution in [0.1, 0.15) is 6.92 Å². The molecule has 4 nitrogen and oxygen atoms in total. The molecule has 0 heterocycles. The topological polar surface area (TPSA) is 58.2 Å². The van der Waals surface area contributed by atoms with E-state index in [4.69, 9.17) is 0 Å². The summed E-state index contributed by atoms with van der Waals surface area (Å²) in [6.07, 6.45) is 0. The number of halogens is 1. The van der Waals surface area contributed by atoms with Crippen LogP contribution in [0.3, 0.4) is 0 Å². The number of hydrogen-bond acceptors (Lipinski definition) is 2. The molecule has 0 amide bonds. The van der Waals surface area contributed by atoms with Gasteiger partial charge in [0.25, 0.3) is 10.2 Å². The fourth-order valence-corrected chi connectivity index (χ4v) is 1.59. The second-order valence-electron chi connectivity index (χ2n) is 1.84. The summed E-state index contributed by atoms with van der Waals surface area (Å²) < 4.78 is 26.8. The maximum atomic E-state index is 10.9. The van der Waals surface area contributed by atoms with Crippen molar-refractivity contribution >= 4 is 26.1 Å². The van der Waals surface area contributed by atoms with Crippen molar-refractivity contribution in [3.8, 4) is 0 Å². The summed E-state index contributed by atoms with van der Waals surface area (Å²) in [5.74, 6) is 0. The Morgan fingerprint density at radius 1 is 1.55 bits per heavy atom. The summed E-state index contributed by atoms with van der Waals surface area (Å²) in [4.78, 5) is 0. The number of rotatable bonds is 5. The van der Waals surface area contributed by atoms with E-state index in [-0.39, 0.29) is 6.54 Å². The van der Waals surface area contributed by atoms with Crippen molar-refractivity contribution in [3.05, 3.63) is 11.1 Å². The van der Waals surface area contributed by atoms with Gasteiger partial charge in [0.2, 0.25) is 0 Å². The van der Waals surface area contributed by atoms with Gasteiger partial charge in [-0.2, -0.15) is 13.1 Å². The van der Waals surface area contributed by atoms with Crippen molar-refractivity contribution in [3.63, 3.8) is 0 Å². The molecule has 0 saturated heterocycles. The highest BCUT2D eigenvalue weighted by atomic mass is 79.9. The Kier molecular flexibility index (Phi) is 4.91. The van der Waals surface area contributed by atoms with E-state index in [2.05, 4.69) is 32.0 Å². The molecule has 66 valence electrons. The Morgan fingerprint density at radius 2 is 2.09 bits per heavy atom. The van der Waals surface area contributed by atoms with Crippen LogP contribution in [0.15, 0.2) is 11.1 Å². The van der Waals surface area contributed by atoms with Crippen molar-refractivity contribution in [1.82, 2.24) is 9.44 Å². The third-order valence-electron chi connectivity index (χ3n) is 0.788. The molecule has 0 aliphatic heterocycles. The second kappa shape index (κ2) is 4.87. The second-order valence-corrected chi connectivity index (χ2v) is 4.55. The number of nitrogens with one attached hydrogen (secondary N) is 2. The average Bonchev–Trinajstić information content (AvgIpc) is 1.84. The van der Waals surface area contributed by atoms with E-state index < -0.39 is 10.2 Å². The Labute approximate surface area is 75.4 Å². The first-order chi connectivity index (χ1) is 4.98. The molecule has 0 rings (SSSR count). The zero-order valence-electron chi connectivity index (χ0n) is 6.22. The highest BCUT2D eigenvalue weighted by Gasteiger charge is 2.05. The number of hydrogen-bond donors (Lipinski definition) is 2.